The molecule has 0 aromatic rings. The van der Waals surface area contributed by atoms with Crippen LogP contribution in [0.5, 0.6) is 0 Å². The normalized spacial score (nSPS) is 37.1. The highest BCUT2D eigenvalue weighted by Crippen LogP contribution is 2.22. The standard InChI is InChI=1S/C11H21NO10/c13-2-6-8(17)9(18)10(19)11(22-6)21-3-5(15)7(16)4(14)1-12-20/h1,4-11,13-20H,2-3H2/b12-1+/t4-,5-,6-,7+,8+,9+,10-,11+/m1/s1. The van der Waals surface area contributed by atoms with Gasteiger partial charge in [0.05, 0.1) is 19.4 Å². The van der Waals surface area contributed by atoms with Gasteiger partial charge in [-0.05, 0) is 0 Å². The lowest BCUT2D eigenvalue weighted by molar-refractivity contribution is -0.306. The number of hydrogen-bond acceptors (Lipinski definition) is 11. The summed E-state index contributed by atoms with van der Waals surface area (Å²) >= 11 is 0. The number of aliphatic hydroxyl groups is 7. The minimum absolute atomic E-state index is 0.585. The summed E-state index contributed by atoms with van der Waals surface area (Å²) in [6, 6.07) is 0. The highest BCUT2D eigenvalue weighted by molar-refractivity contribution is 5.62. The van der Waals surface area contributed by atoms with Crippen LogP contribution < -0.4 is 0 Å². The third kappa shape index (κ3) is 4.55. The molecule has 8 atom stereocenters. The van der Waals surface area contributed by atoms with E-state index in [4.69, 9.17) is 19.8 Å². The Bertz CT molecular complexity index is 354. The summed E-state index contributed by atoms with van der Waals surface area (Å²) in [6.45, 7) is -1.25. The third-order valence-corrected chi connectivity index (χ3v) is 3.24. The number of rotatable bonds is 7. The summed E-state index contributed by atoms with van der Waals surface area (Å²) in [7, 11) is 0. The third-order valence-electron chi connectivity index (χ3n) is 3.24. The topological polar surface area (TPSA) is 193 Å². The molecule has 0 aliphatic carbocycles. The minimum Gasteiger partial charge on any atom is -0.411 e. The van der Waals surface area contributed by atoms with Crippen LogP contribution in [0.4, 0.5) is 0 Å². The molecule has 22 heavy (non-hydrogen) atoms. The first-order chi connectivity index (χ1) is 10.3. The van der Waals surface area contributed by atoms with Crippen LogP contribution >= 0.6 is 0 Å². The Morgan fingerprint density at radius 1 is 1.09 bits per heavy atom. The molecule has 1 heterocycles. The molecule has 0 spiro atoms. The van der Waals surface area contributed by atoms with Gasteiger partial charge in [0.2, 0.25) is 0 Å². The first-order valence-electron chi connectivity index (χ1n) is 6.47. The molecule has 0 amide bonds. The van der Waals surface area contributed by atoms with Crippen molar-refractivity contribution in [3.63, 3.8) is 0 Å². The number of nitrogens with zero attached hydrogens (tertiary/aromatic N) is 1. The van der Waals surface area contributed by atoms with Gasteiger partial charge in [-0.2, -0.15) is 0 Å². The average molecular weight is 327 g/mol. The smallest absolute Gasteiger partial charge is 0.186 e. The zero-order chi connectivity index (χ0) is 16.9. The molecule has 1 aliphatic heterocycles. The first-order valence-corrected chi connectivity index (χ1v) is 6.47. The highest BCUT2D eigenvalue weighted by atomic mass is 16.7. The van der Waals surface area contributed by atoms with E-state index < -0.39 is 62.2 Å². The molecule has 1 rings (SSSR count). The van der Waals surface area contributed by atoms with Crippen LogP contribution in [0.2, 0.25) is 0 Å². The lowest BCUT2D eigenvalue weighted by atomic mass is 9.99. The Hall–Kier alpha value is -0.890. The number of aliphatic hydroxyl groups excluding tert-OH is 7. The van der Waals surface area contributed by atoms with E-state index in [1.165, 1.54) is 0 Å². The molecule has 0 radical (unpaired) electrons. The monoisotopic (exact) mass is 327 g/mol. The SMILES string of the molecule is OC[C@H]1O[C@H](OC[C@@H](O)[C@@H](O)[C@H](O)/C=N/O)[C@H](O)[C@@H](O)[C@H]1O. The van der Waals surface area contributed by atoms with Gasteiger partial charge in [-0.25, -0.2) is 0 Å². The van der Waals surface area contributed by atoms with Crippen molar-refractivity contribution >= 4 is 6.21 Å². The predicted molar refractivity (Wildman–Crippen MR) is 68.0 cm³/mol. The maximum atomic E-state index is 9.68. The van der Waals surface area contributed by atoms with E-state index in [1.54, 1.807) is 0 Å². The summed E-state index contributed by atoms with van der Waals surface area (Å²) in [6.07, 6.45) is -11.9. The van der Waals surface area contributed by atoms with Crippen molar-refractivity contribution in [2.24, 2.45) is 5.16 Å². The summed E-state index contributed by atoms with van der Waals surface area (Å²) in [5.41, 5.74) is 0. The van der Waals surface area contributed by atoms with Crippen LogP contribution in [0.1, 0.15) is 0 Å². The summed E-state index contributed by atoms with van der Waals surface area (Å²) in [5.74, 6) is 0. The van der Waals surface area contributed by atoms with Gasteiger partial charge in [-0.3, -0.25) is 0 Å². The molecule has 1 aliphatic rings. The Morgan fingerprint density at radius 2 is 1.73 bits per heavy atom. The van der Waals surface area contributed by atoms with Gasteiger partial charge in [0, 0.05) is 0 Å². The van der Waals surface area contributed by atoms with E-state index in [9.17, 15) is 30.6 Å². The molecule has 0 aromatic heterocycles. The van der Waals surface area contributed by atoms with Crippen LogP contribution in [-0.2, 0) is 9.47 Å². The second kappa shape index (κ2) is 8.67. The van der Waals surface area contributed by atoms with Crippen LogP contribution in [-0.4, -0.2) is 109 Å². The molecule has 1 fully saturated rings. The van der Waals surface area contributed by atoms with E-state index in [0.29, 0.717) is 6.21 Å². The van der Waals surface area contributed by atoms with Gasteiger partial charge in [-0.15, -0.1) is 0 Å². The fourth-order valence-electron chi connectivity index (χ4n) is 1.88. The quantitative estimate of drug-likeness (QED) is 0.128. The van der Waals surface area contributed by atoms with Gasteiger partial charge < -0.3 is 50.4 Å². The Kier molecular flexibility index (Phi) is 7.55. The summed E-state index contributed by atoms with van der Waals surface area (Å²) < 4.78 is 9.99. The molecule has 0 saturated carbocycles. The lowest BCUT2D eigenvalue weighted by Gasteiger charge is -2.39. The molecule has 0 aromatic carbocycles. The Morgan fingerprint density at radius 3 is 2.27 bits per heavy atom. The van der Waals surface area contributed by atoms with Crippen LogP contribution in [0.15, 0.2) is 5.16 Å². The van der Waals surface area contributed by atoms with E-state index in [-0.39, 0.29) is 0 Å². The first kappa shape index (κ1) is 19.2. The molecular weight excluding hydrogens is 306 g/mol. The second-order valence-corrected chi connectivity index (χ2v) is 4.84. The molecule has 11 heteroatoms. The number of hydrogen-bond donors (Lipinski definition) is 8. The lowest BCUT2D eigenvalue weighted by Crippen LogP contribution is -2.59. The van der Waals surface area contributed by atoms with Gasteiger partial charge in [-0.1, -0.05) is 5.16 Å². The van der Waals surface area contributed by atoms with Crippen molar-refractivity contribution in [3.8, 4) is 0 Å². The minimum atomic E-state index is -1.74. The predicted octanol–water partition coefficient (Wildman–Crippen LogP) is -4.65. The van der Waals surface area contributed by atoms with E-state index >= 15 is 0 Å². The molecule has 1 saturated heterocycles. The summed E-state index contributed by atoms with van der Waals surface area (Å²) in [4.78, 5) is 0. The van der Waals surface area contributed by atoms with Gasteiger partial charge in [0.1, 0.15) is 42.7 Å². The van der Waals surface area contributed by atoms with Crippen LogP contribution in [0, 0.1) is 0 Å². The second-order valence-electron chi connectivity index (χ2n) is 4.84. The molecule has 8 N–H and O–H groups in total. The van der Waals surface area contributed by atoms with Crippen molar-refractivity contribution in [2.45, 2.75) is 49.0 Å². The van der Waals surface area contributed by atoms with Crippen molar-refractivity contribution in [1.82, 2.24) is 0 Å². The molecule has 0 bridgehead atoms. The van der Waals surface area contributed by atoms with Crippen molar-refractivity contribution < 1.29 is 50.4 Å². The van der Waals surface area contributed by atoms with Crippen LogP contribution in [0.25, 0.3) is 0 Å². The van der Waals surface area contributed by atoms with Crippen molar-refractivity contribution in [3.05, 3.63) is 0 Å². The van der Waals surface area contributed by atoms with Gasteiger partial charge in [0.25, 0.3) is 0 Å². The molecule has 11 nitrogen and oxygen atoms in total. The number of ether oxygens (including phenoxy) is 2. The highest BCUT2D eigenvalue weighted by Gasteiger charge is 2.44. The van der Waals surface area contributed by atoms with E-state index in [1.807, 2.05) is 0 Å². The Labute approximate surface area is 125 Å². The van der Waals surface area contributed by atoms with Crippen LogP contribution in [0.3, 0.4) is 0 Å². The van der Waals surface area contributed by atoms with Gasteiger partial charge >= 0.3 is 0 Å². The van der Waals surface area contributed by atoms with Gasteiger partial charge in [0.15, 0.2) is 6.29 Å². The summed E-state index contributed by atoms with van der Waals surface area (Å²) in [5, 5.41) is 76.8. The Balaban J connectivity index is 2.55. The average Bonchev–Trinajstić information content (AvgIpc) is 2.51. The number of oxime groups is 1. The van der Waals surface area contributed by atoms with Crippen molar-refractivity contribution in [2.75, 3.05) is 13.2 Å². The molecule has 0 unspecified atom stereocenters. The van der Waals surface area contributed by atoms with E-state index in [2.05, 4.69) is 5.16 Å². The fourth-order valence-corrected chi connectivity index (χ4v) is 1.88. The van der Waals surface area contributed by atoms with E-state index in [0.717, 1.165) is 0 Å². The van der Waals surface area contributed by atoms with Crippen molar-refractivity contribution in [1.29, 1.82) is 0 Å². The molecule has 130 valence electrons. The fraction of sp³-hybridized carbons (Fsp3) is 0.909. The zero-order valence-corrected chi connectivity index (χ0v) is 11.5. The maximum Gasteiger partial charge on any atom is 0.186 e. The maximum absolute atomic E-state index is 9.68. The molecular formula is C11H21NO10. The zero-order valence-electron chi connectivity index (χ0n) is 11.5. The largest absolute Gasteiger partial charge is 0.411 e.